The minimum Gasteiger partial charge on any atom is -0.343 e. The molecule has 0 aliphatic carbocycles. The van der Waals surface area contributed by atoms with Gasteiger partial charge in [-0.1, -0.05) is 6.92 Å². The maximum absolute atomic E-state index is 11.2. The van der Waals surface area contributed by atoms with Crippen LogP contribution in [0.3, 0.4) is 0 Å². The lowest BCUT2D eigenvalue weighted by Crippen LogP contribution is -2.31. The summed E-state index contributed by atoms with van der Waals surface area (Å²) in [5, 5.41) is 0.664. The second kappa shape index (κ2) is 3.17. The number of rotatable bonds is 2. The Labute approximate surface area is 72.0 Å². The topological polar surface area (TPSA) is 23.6 Å². The first-order valence-corrected chi connectivity index (χ1v) is 4.13. The van der Waals surface area contributed by atoms with E-state index >= 15 is 0 Å². The highest BCUT2D eigenvalue weighted by Crippen LogP contribution is 2.08. The maximum atomic E-state index is 11.2. The standard InChI is InChI=1S/C7H12N2OS/c1-3-4-9-6(10)5-8(2)7(9)11/h3-5H2,1-2H3. The van der Waals surface area contributed by atoms with Gasteiger partial charge in [0.05, 0.1) is 6.54 Å². The fraction of sp³-hybridized carbons (Fsp3) is 0.714. The normalized spacial score (nSPS) is 18.4. The van der Waals surface area contributed by atoms with E-state index in [1.807, 2.05) is 14.0 Å². The quantitative estimate of drug-likeness (QED) is 0.565. The van der Waals surface area contributed by atoms with Gasteiger partial charge in [0, 0.05) is 13.6 Å². The molecule has 0 saturated carbocycles. The van der Waals surface area contributed by atoms with Crippen LogP contribution in [0.2, 0.25) is 0 Å². The van der Waals surface area contributed by atoms with E-state index in [1.54, 1.807) is 9.80 Å². The minimum absolute atomic E-state index is 0.124. The third kappa shape index (κ3) is 1.50. The van der Waals surface area contributed by atoms with Gasteiger partial charge in [0.15, 0.2) is 5.11 Å². The van der Waals surface area contributed by atoms with Gasteiger partial charge >= 0.3 is 0 Å². The van der Waals surface area contributed by atoms with Crippen LogP contribution in [0.1, 0.15) is 13.3 Å². The summed E-state index contributed by atoms with van der Waals surface area (Å²) in [5.74, 6) is 0.124. The number of thiocarbonyl (C=S) groups is 1. The molecule has 1 amide bonds. The molecular weight excluding hydrogens is 160 g/mol. The number of carbonyl (C=O) groups excluding carboxylic acids is 1. The Morgan fingerprint density at radius 3 is 2.64 bits per heavy atom. The van der Waals surface area contributed by atoms with E-state index in [0.29, 0.717) is 11.7 Å². The third-order valence-corrected chi connectivity index (χ3v) is 2.21. The zero-order valence-corrected chi connectivity index (χ0v) is 7.65. The molecule has 0 aromatic heterocycles. The molecule has 0 bridgehead atoms. The molecule has 4 heteroatoms. The summed E-state index contributed by atoms with van der Waals surface area (Å²) in [6, 6.07) is 0. The number of likely N-dealkylation sites (N-methyl/N-ethyl adjacent to an activating group) is 1. The molecular formula is C7H12N2OS. The highest BCUT2D eigenvalue weighted by Gasteiger charge is 2.28. The molecule has 0 atom stereocenters. The van der Waals surface area contributed by atoms with Crippen LogP contribution in [0.5, 0.6) is 0 Å². The maximum Gasteiger partial charge on any atom is 0.248 e. The minimum atomic E-state index is 0.124. The zero-order valence-electron chi connectivity index (χ0n) is 6.83. The van der Waals surface area contributed by atoms with Crippen LogP contribution in [-0.4, -0.2) is 41.0 Å². The third-order valence-electron chi connectivity index (χ3n) is 1.68. The van der Waals surface area contributed by atoms with E-state index in [0.717, 1.165) is 13.0 Å². The SMILES string of the molecule is CCCN1C(=O)CN(C)C1=S. The first kappa shape index (κ1) is 8.46. The van der Waals surface area contributed by atoms with Crippen molar-refractivity contribution in [3.05, 3.63) is 0 Å². The lowest BCUT2D eigenvalue weighted by atomic mass is 10.4. The van der Waals surface area contributed by atoms with Crippen molar-refractivity contribution in [3.8, 4) is 0 Å². The largest absolute Gasteiger partial charge is 0.343 e. The van der Waals surface area contributed by atoms with Crippen LogP contribution in [-0.2, 0) is 4.79 Å². The molecule has 1 rings (SSSR count). The van der Waals surface area contributed by atoms with Crippen LogP contribution >= 0.6 is 12.2 Å². The molecule has 0 radical (unpaired) electrons. The lowest BCUT2D eigenvalue weighted by molar-refractivity contribution is -0.125. The summed E-state index contributed by atoms with van der Waals surface area (Å²) in [6.45, 7) is 3.23. The van der Waals surface area contributed by atoms with E-state index < -0.39 is 0 Å². The zero-order chi connectivity index (χ0) is 8.43. The van der Waals surface area contributed by atoms with Gasteiger partial charge in [-0.25, -0.2) is 0 Å². The molecule has 0 spiro atoms. The molecule has 0 unspecified atom stereocenters. The molecule has 1 aliphatic heterocycles. The van der Waals surface area contributed by atoms with Crippen LogP contribution < -0.4 is 0 Å². The van der Waals surface area contributed by atoms with Crippen molar-refractivity contribution in [1.82, 2.24) is 9.80 Å². The second-order valence-corrected chi connectivity index (χ2v) is 3.05. The number of hydrogen-bond acceptors (Lipinski definition) is 2. The highest BCUT2D eigenvalue weighted by atomic mass is 32.1. The predicted octanol–water partition coefficient (Wildman–Crippen LogP) is 0.455. The van der Waals surface area contributed by atoms with Crippen molar-refractivity contribution < 1.29 is 4.79 Å². The molecule has 1 saturated heterocycles. The summed E-state index contributed by atoms with van der Waals surface area (Å²) < 4.78 is 0. The highest BCUT2D eigenvalue weighted by molar-refractivity contribution is 7.80. The Morgan fingerprint density at radius 1 is 1.64 bits per heavy atom. The van der Waals surface area contributed by atoms with Crippen molar-refractivity contribution in [2.45, 2.75) is 13.3 Å². The van der Waals surface area contributed by atoms with Crippen LogP contribution in [0.4, 0.5) is 0 Å². The first-order valence-electron chi connectivity index (χ1n) is 3.72. The monoisotopic (exact) mass is 172 g/mol. The van der Waals surface area contributed by atoms with Crippen molar-refractivity contribution in [3.63, 3.8) is 0 Å². The van der Waals surface area contributed by atoms with Gasteiger partial charge in [0.1, 0.15) is 0 Å². The summed E-state index contributed by atoms with van der Waals surface area (Å²) in [7, 11) is 1.84. The fourth-order valence-electron chi connectivity index (χ4n) is 1.11. The van der Waals surface area contributed by atoms with Crippen LogP contribution in [0.25, 0.3) is 0 Å². The number of hydrogen-bond donors (Lipinski definition) is 0. The Kier molecular flexibility index (Phi) is 2.44. The van der Waals surface area contributed by atoms with Crippen molar-refractivity contribution in [2.75, 3.05) is 20.1 Å². The predicted molar refractivity (Wildman–Crippen MR) is 47.2 cm³/mol. The van der Waals surface area contributed by atoms with E-state index in [1.165, 1.54) is 0 Å². The molecule has 0 aromatic rings. The molecule has 1 aliphatic rings. The smallest absolute Gasteiger partial charge is 0.248 e. The molecule has 0 aromatic carbocycles. The van der Waals surface area contributed by atoms with Crippen LogP contribution in [0.15, 0.2) is 0 Å². The Hall–Kier alpha value is -0.640. The Bertz CT molecular complexity index is 193. The fourth-order valence-corrected chi connectivity index (χ4v) is 1.37. The van der Waals surface area contributed by atoms with Gasteiger partial charge in [-0.2, -0.15) is 0 Å². The van der Waals surface area contributed by atoms with Gasteiger partial charge in [0.25, 0.3) is 0 Å². The van der Waals surface area contributed by atoms with E-state index in [2.05, 4.69) is 0 Å². The molecule has 1 heterocycles. The van der Waals surface area contributed by atoms with Crippen molar-refractivity contribution in [2.24, 2.45) is 0 Å². The van der Waals surface area contributed by atoms with Gasteiger partial charge in [0.2, 0.25) is 5.91 Å². The van der Waals surface area contributed by atoms with E-state index in [4.69, 9.17) is 12.2 Å². The number of carbonyl (C=O) groups is 1. The van der Waals surface area contributed by atoms with Crippen molar-refractivity contribution in [1.29, 1.82) is 0 Å². The Morgan fingerprint density at radius 2 is 2.27 bits per heavy atom. The van der Waals surface area contributed by atoms with Gasteiger partial charge in [-0.3, -0.25) is 9.69 Å². The van der Waals surface area contributed by atoms with Gasteiger partial charge < -0.3 is 4.90 Å². The second-order valence-electron chi connectivity index (χ2n) is 2.68. The molecule has 0 N–H and O–H groups in total. The summed E-state index contributed by atoms with van der Waals surface area (Å²) in [5.41, 5.74) is 0. The number of nitrogens with zero attached hydrogens (tertiary/aromatic N) is 2. The van der Waals surface area contributed by atoms with Crippen molar-refractivity contribution >= 4 is 23.2 Å². The molecule has 11 heavy (non-hydrogen) atoms. The average molecular weight is 172 g/mol. The van der Waals surface area contributed by atoms with Gasteiger partial charge in [-0.05, 0) is 18.6 Å². The Balaban J connectivity index is 2.64. The number of amides is 1. The average Bonchev–Trinajstić information content (AvgIpc) is 2.17. The summed E-state index contributed by atoms with van der Waals surface area (Å²) >= 11 is 5.04. The lowest BCUT2D eigenvalue weighted by Gasteiger charge is -2.15. The first-order chi connectivity index (χ1) is 5.16. The summed E-state index contributed by atoms with van der Waals surface area (Å²) in [6.07, 6.45) is 0.958. The van der Waals surface area contributed by atoms with E-state index in [9.17, 15) is 4.79 Å². The molecule has 62 valence electrons. The van der Waals surface area contributed by atoms with Gasteiger partial charge in [-0.15, -0.1) is 0 Å². The molecule has 1 fully saturated rings. The molecule has 3 nitrogen and oxygen atoms in total. The van der Waals surface area contributed by atoms with E-state index in [-0.39, 0.29) is 5.91 Å². The van der Waals surface area contributed by atoms with Crippen LogP contribution in [0, 0.1) is 0 Å². The summed E-state index contributed by atoms with van der Waals surface area (Å²) in [4.78, 5) is 14.6.